The molecular formula is C26H27N5O2. The summed E-state index contributed by atoms with van der Waals surface area (Å²) < 4.78 is 1.81. The van der Waals surface area contributed by atoms with Gasteiger partial charge in [0.15, 0.2) is 0 Å². The molecule has 0 N–H and O–H groups in total. The molecule has 168 valence electrons. The number of benzene rings is 2. The lowest BCUT2D eigenvalue weighted by Crippen LogP contribution is -2.28. The molecule has 1 amide bonds. The number of rotatable bonds is 3. The zero-order chi connectivity index (χ0) is 22.9. The molecule has 0 atom stereocenters. The van der Waals surface area contributed by atoms with E-state index in [4.69, 9.17) is 4.98 Å². The van der Waals surface area contributed by atoms with Crippen LogP contribution in [0.4, 0.5) is 0 Å². The molecule has 1 aliphatic heterocycles. The zero-order valence-electron chi connectivity index (χ0n) is 19.0. The summed E-state index contributed by atoms with van der Waals surface area (Å²) in [6, 6.07) is 13.0. The smallest absolute Gasteiger partial charge is 0.261 e. The van der Waals surface area contributed by atoms with Crippen LogP contribution in [0.5, 0.6) is 0 Å². The number of carbonyl (C=O) groups is 1. The fourth-order valence-corrected chi connectivity index (χ4v) is 4.60. The van der Waals surface area contributed by atoms with E-state index in [-0.39, 0.29) is 11.5 Å². The molecule has 2 aromatic carbocycles. The summed E-state index contributed by atoms with van der Waals surface area (Å²) in [4.78, 5) is 41.8. The maximum Gasteiger partial charge on any atom is 0.261 e. The molecule has 1 aliphatic rings. The molecule has 2 aromatic heterocycles. The van der Waals surface area contributed by atoms with Gasteiger partial charge in [0.1, 0.15) is 11.6 Å². The van der Waals surface area contributed by atoms with Gasteiger partial charge in [-0.3, -0.25) is 14.2 Å². The van der Waals surface area contributed by atoms with Gasteiger partial charge >= 0.3 is 0 Å². The van der Waals surface area contributed by atoms with Gasteiger partial charge in [-0.1, -0.05) is 31.0 Å². The van der Waals surface area contributed by atoms with Crippen molar-refractivity contribution in [1.82, 2.24) is 24.4 Å². The van der Waals surface area contributed by atoms with Crippen molar-refractivity contribution in [2.75, 3.05) is 7.05 Å². The van der Waals surface area contributed by atoms with Crippen LogP contribution in [0.2, 0.25) is 0 Å². The van der Waals surface area contributed by atoms with Crippen molar-refractivity contribution < 1.29 is 4.79 Å². The fraction of sp³-hybridized carbons (Fsp3) is 0.346. The molecule has 0 radical (unpaired) electrons. The van der Waals surface area contributed by atoms with Crippen LogP contribution in [0.25, 0.3) is 21.8 Å². The van der Waals surface area contributed by atoms with Crippen molar-refractivity contribution in [3.63, 3.8) is 0 Å². The van der Waals surface area contributed by atoms with E-state index in [1.54, 1.807) is 30.1 Å². The number of amides is 1. The van der Waals surface area contributed by atoms with E-state index in [1.807, 2.05) is 35.8 Å². The van der Waals surface area contributed by atoms with Gasteiger partial charge < -0.3 is 4.90 Å². The van der Waals surface area contributed by atoms with E-state index in [1.165, 1.54) is 0 Å². The van der Waals surface area contributed by atoms with E-state index >= 15 is 0 Å². The lowest BCUT2D eigenvalue weighted by atomic mass is 10.1. The van der Waals surface area contributed by atoms with Crippen molar-refractivity contribution in [1.29, 1.82) is 0 Å². The van der Waals surface area contributed by atoms with E-state index in [9.17, 15) is 9.59 Å². The van der Waals surface area contributed by atoms with Crippen LogP contribution in [0.15, 0.2) is 47.3 Å². The molecule has 7 nitrogen and oxygen atoms in total. The largest absolute Gasteiger partial charge is 0.334 e. The Balaban J connectivity index is 1.44. The number of para-hydroxylation sites is 1. The lowest BCUT2D eigenvalue weighted by Gasteiger charge is -2.18. The number of hydrogen-bond donors (Lipinski definition) is 0. The average Bonchev–Trinajstić information content (AvgIpc) is 2.79. The van der Waals surface area contributed by atoms with E-state index in [2.05, 4.69) is 9.97 Å². The Morgan fingerprint density at radius 2 is 1.79 bits per heavy atom. The van der Waals surface area contributed by atoms with Crippen molar-refractivity contribution in [2.45, 2.75) is 52.1 Å². The molecule has 4 aromatic rings. The number of aryl methyl sites for hydroxylation is 2. The van der Waals surface area contributed by atoms with Gasteiger partial charge in [0.2, 0.25) is 0 Å². The predicted octanol–water partition coefficient (Wildman–Crippen LogP) is 4.04. The third-order valence-electron chi connectivity index (χ3n) is 6.38. The summed E-state index contributed by atoms with van der Waals surface area (Å²) in [6.45, 7) is 2.96. The minimum Gasteiger partial charge on any atom is -0.334 e. The van der Waals surface area contributed by atoms with Crippen LogP contribution in [0.1, 0.15) is 53.4 Å². The number of carbonyl (C=O) groups excluding carboxylic acids is 1. The highest BCUT2D eigenvalue weighted by molar-refractivity contribution is 5.97. The molecule has 0 bridgehead atoms. The van der Waals surface area contributed by atoms with Crippen LogP contribution < -0.4 is 5.56 Å². The summed E-state index contributed by atoms with van der Waals surface area (Å²) in [6.07, 6.45) is 5.13. The topological polar surface area (TPSA) is 81.0 Å². The van der Waals surface area contributed by atoms with Crippen LogP contribution in [0.3, 0.4) is 0 Å². The van der Waals surface area contributed by atoms with Crippen LogP contribution in [-0.4, -0.2) is 37.4 Å². The summed E-state index contributed by atoms with van der Waals surface area (Å²) >= 11 is 0. The van der Waals surface area contributed by atoms with E-state index in [0.29, 0.717) is 35.4 Å². The molecule has 5 rings (SSSR count). The molecule has 0 unspecified atom stereocenters. The van der Waals surface area contributed by atoms with Crippen molar-refractivity contribution in [2.24, 2.45) is 0 Å². The maximum atomic E-state index is 13.2. The first kappa shape index (κ1) is 21.2. The molecule has 33 heavy (non-hydrogen) atoms. The maximum absolute atomic E-state index is 13.2. The minimum absolute atomic E-state index is 0.00991. The van der Waals surface area contributed by atoms with Gasteiger partial charge in [-0.15, -0.1) is 0 Å². The third-order valence-corrected chi connectivity index (χ3v) is 6.38. The highest BCUT2D eigenvalue weighted by atomic mass is 16.2. The van der Waals surface area contributed by atoms with Gasteiger partial charge in [-0.05, 0) is 44.0 Å². The SMILES string of the molecule is Cc1nc(CN(C)C(=O)c2ccc3c(=O)n4c(nc3c2)CCCCCC4)nc2ccccc12. The standard InChI is InChI=1S/C26H27N5O2/c1-17-19-9-6-7-10-21(19)28-23(27-17)16-30(2)25(32)18-12-13-20-22(15-18)29-24-11-5-3-4-8-14-31(24)26(20)33/h6-7,9-10,12-13,15H,3-5,8,11,14,16H2,1-2H3. The molecule has 7 heteroatoms. The van der Waals surface area contributed by atoms with Crippen LogP contribution in [0, 0.1) is 6.92 Å². The normalized spacial score (nSPS) is 14.0. The highest BCUT2D eigenvalue weighted by Gasteiger charge is 2.18. The summed E-state index contributed by atoms with van der Waals surface area (Å²) in [5, 5.41) is 1.57. The van der Waals surface area contributed by atoms with Crippen molar-refractivity contribution in [3.05, 3.63) is 75.7 Å². The van der Waals surface area contributed by atoms with Crippen molar-refractivity contribution >= 4 is 27.7 Å². The zero-order valence-corrected chi connectivity index (χ0v) is 19.0. The Kier molecular flexibility index (Phi) is 5.62. The quantitative estimate of drug-likeness (QED) is 0.479. The first-order valence-corrected chi connectivity index (χ1v) is 11.5. The van der Waals surface area contributed by atoms with Gasteiger partial charge in [-0.2, -0.15) is 0 Å². The van der Waals surface area contributed by atoms with Gasteiger partial charge in [0.25, 0.3) is 11.5 Å². The molecule has 0 spiro atoms. The molecule has 0 saturated carbocycles. The Hall–Kier alpha value is -3.61. The first-order chi connectivity index (χ1) is 16.0. The molecule has 0 saturated heterocycles. The second-order valence-electron chi connectivity index (χ2n) is 8.78. The average molecular weight is 442 g/mol. The molecule has 0 fully saturated rings. The Morgan fingerprint density at radius 1 is 0.970 bits per heavy atom. The first-order valence-electron chi connectivity index (χ1n) is 11.5. The fourth-order valence-electron chi connectivity index (χ4n) is 4.60. The Morgan fingerprint density at radius 3 is 2.67 bits per heavy atom. The second kappa shape index (κ2) is 8.73. The number of fused-ring (bicyclic) bond motifs is 3. The van der Waals surface area contributed by atoms with Gasteiger partial charge in [0, 0.05) is 36.7 Å². The van der Waals surface area contributed by atoms with Crippen molar-refractivity contribution in [3.8, 4) is 0 Å². The summed E-state index contributed by atoms with van der Waals surface area (Å²) in [7, 11) is 1.74. The molecule has 3 heterocycles. The number of hydrogen-bond acceptors (Lipinski definition) is 5. The van der Waals surface area contributed by atoms with E-state index < -0.39 is 0 Å². The second-order valence-corrected chi connectivity index (χ2v) is 8.78. The molecular weight excluding hydrogens is 414 g/mol. The lowest BCUT2D eigenvalue weighted by molar-refractivity contribution is 0.0781. The number of nitrogens with zero attached hydrogens (tertiary/aromatic N) is 5. The summed E-state index contributed by atoms with van der Waals surface area (Å²) in [5.74, 6) is 1.27. The third kappa shape index (κ3) is 4.11. The van der Waals surface area contributed by atoms with Crippen LogP contribution in [-0.2, 0) is 19.5 Å². The van der Waals surface area contributed by atoms with Crippen LogP contribution >= 0.6 is 0 Å². The monoisotopic (exact) mass is 441 g/mol. The summed E-state index contributed by atoms with van der Waals surface area (Å²) in [5.41, 5.74) is 2.84. The van der Waals surface area contributed by atoms with Gasteiger partial charge in [-0.25, -0.2) is 15.0 Å². The Labute approximate surface area is 192 Å². The number of aromatic nitrogens is 4. The Bertz CT molecular complexity index is 1430. The predicted molar refractivity (Wildman–Crippen MR) is 128 cm³/mol. The van der Waals surface area contributed by atoms with Gasteiger partial charge in [0.05, 0.1) is 23.0 Å². The van der Waals surface area contributed by atoms with E-state index in [0.717, 1.165) is 54.5 Å². The highest BCUT2D eigenvalue weighted by Crippen LogP contribution is 2.19. The minimum atomic E-state index is -0.153. The molecule has 0 aliphatic carbocycles.